The number of pyridine rings is 1. The molecule has 1 aliphatic rings. The van der Waals surface area contributed by atoms with E-state index >= 15 is 0 Å². The Hall–Kier alpha value is -3.46. The van der Waals surface area contributed by atoms with Gasteiger partial charge in [0.25, 0.3) is 5.69 Å². The fourth-order valence-electron chi connectivity index (χ4n) is 2.70. The lowest BCUT2D eigenvalue weighted by molar-refractivity contribution is -0.384. The second-order valence-corrected chi connectivity index (χ2v) is 7.01. The number of fused-ring (bicyclic) bond motifs is 1. The molecule has 4 rings (SSSR count). The predicted molar refractivity (Wildman–Crippen MR) is 105 cm³/mol. The normalized spacial score (nSPS) is 16.0. The number of nitro benzene ring substituents is 1. The van der Waals surface area contributed by atoms with E-state index in [9.17, 15) is 14.9 Å². The topological polar surface area (TPSA) is 115 Å². The third-order valence-corrected chi connectivity index (χ3v) is 5.17. The van der Waals surface area contributed by atoms with Gasteiger partial charge >= 0.3 is 5.97 Å². The zero-order chi connectivity index (χ0) is 19.7. The summed E-state index contributed by atoms with van der Waals surface area (Å²) in [6.07, 6.45) is 0. The standard InChI is InChI=1S/C19H13N3O5S/c23-19(24)17-10-28-18(21-17)16-7-1-11-9-14(6-8-15(11)20-16)27-13-4-2-12(3-5-13)22(25)26/h1-9,17H,10H2,(H,23,24). The van der Waals surface area contributed by atoms with Gasteiger partial charge in [0.05, 0.1) is 16.1 Å². The second-order valence-electron chi connectivity index (χ2n) is 6.00. The van der Waals surface area contributed by atoms with Crippen LogP contribution < -0.4 is 4.74 Å². The van der Waals surface area contributed by atoms with Gasteiger partial charge in [-0.3, -0.25) is 15.1 Å². The Kier molecular flexibility index (Phi) is 4.66. The summed E-state index contributed by atoms with van der Waals surface area (Å²) >= 11 is 1.38. The number of rotatable bonds is 5. The number of carbonyl (C=O) groups is 1. The summed E-state index contributed by atoms with van der Waals surface area (Å²) in [5, 5.41) is 21.2. The second kappa shape index (κ2) is 7.28. The minimum atomic E-state index is -0.934. The van der Waals surface area contributed by atoms with Gasteiger partial charge < -0.3 is 9.84 Å². The van der Waals surface area contributed by atoms with Crippen molar-refractivity contribution in [1.82, 2.24) is 4.98 Å². The molecular weight excluding hydrogens is 382 g/mol. The number of non-ortho nitro benzene ring substituents is 1. The van der Waals surface area contributed by atoms with E-state index in [0.29, 0.717) is 28.0 Å². The highest BCUT2D eigenvalue weighted by molar-refractivity contribution is 8.14. The van der Waals surface area contributed by atoms with Crippen LogP contribution in [-0.4, -0.2) is 37.8 Å². The third-order valence-electron chi connectivity index (χ3n) is 4.10. The summed E-state index contributed by atoms with van der Waals surface area (Å²) in [6, 6.07) is 14.2. The summed E-state index contributed by atoms with van der Waals surface area (Å²) < 4.78 is 5.75. The Balaban J connectivity index is 1.56. The van der Waals surface area contributed by atoms with E-state index in [4.69, 9.17) is 9.84 Å². The van der Waals surface area contributed by atoms with Crippen molar-refractivity contribution < 1.29 is 19.6 Å². The Morgan fingerprint density at radius 1 is 1.14 bits per heavy atom. The molecule has 1 N–H and O–H groups in total. The van der Waals surface area contributed by atoms with Gasteiger partial charge in [-0.2, -0.15) is 0 Å². The fraction of sp³-hybridized carbons (Fsp3) is 0.105. The maximum atomic E-state index is 11.0. The molecule has 1 atom stereocenters. The molecule has 1 aromatic heterocycles. The number of aliphatic carboxylic acids is 1. The lowest BCUT2D eigenvalue weighted by Gasteiger charge is -2.07. The highest BCUT2D eigenvalue weighted by atomic mass is 32.2. The van der Waals surface area contributed by atoms with Gasteiger partial charge in [0.1, 0.15) is 16.5 Å². The van der Waals surface area contributed by atoms with Crippen LogP contribution in [0.5, 0.6) is 11.5 Å². The molecule has 28 heavy (non-hydrogen) atoms. The number of aromatic nitrogens is 1. The zero-order valence-corrected chi connectivity index (χ0v) is 15.1. The summed E-state index contributed by atoms with van der Waals surface area (Å²) in [7, 11) is 0. The quantitative estimate of drug-likeness (QED) is 0.515. The largest absolute Gasteiger partial charge is 0.480 e. The van der Waals surface area contributed by atoms with Gasteiger partial charge in [-0.05, 0) is 36.4 Å². The molecule has 9 heteroatoms. The smallest absolute Gasteiger partial charge is 0.329 e. The Morgan fingerprint density at radius 3 is 2.57 bits per heavy atom. The first-order valence-corrected chi connectivity index (χ1v) is 9.25. The van der Waals surface area contributed by atoms with Crippen molar-refractivity contribution in [2.75, 3.05) is 5.75 Å². The van der Waals surface area contributed by atoms with Crippen LogP contribution in [0.3, 0.4) is 0 Å². The van der Waals surface area contributed by atoms with Crippen molar-refractivity contribution in [3.05, 3.63) is 70.4 Å². The van der Waals surface area contributed by atoms with Gasteiger partial charge in [0, 0.05) is 23.3 Å². The van der Waals surface area contributed by atoms with Crippen LogP contribution in [0, 0.1) is 10.1 Å². The minimum absolute atomic E-state index is 0.000393. The number of hydrogen-bond donors (Lipinski definition) is 1. The number of carboxylic acid groups (broad SMARTS) is 1. The molecule has 2 aromatic carbocycles. The van der Waals surface area contributed by atoms with E-state index in [1.807, 2.05) is 12.1 Å². The van der Waals surface area contributed by atoms with E-state index in [-0.39, 0.29) is 5.69 Å². The van der Waals surface area contributed by atoms with Gasteiger partial charge in [-0.15, -0.1) is 11.8 Å². The molecule has 0 saturated heterocycles. The van der Waals surface area contributed by atoms with Gasteiger partial charge in [-0.1, -0.05) is 6.07 Å². The predicted octanol–water partition coefficient (Wildman–Crippen LogP) is 3.88. The first-order chi connectivity index (χ1) is 13.5. The van der Waals surface area contributed by atoms with Crippen LogP contribution in [-0.2, 0) is 4.79 Å². The molecule has 0 bridgehead atoms. The number of ether oxygens (including phenoxy) is 1. The highest BCUT2D eigenvalue weighted by Gasteiger charge is 2.25. The molecule has 0 saturated carbocycles. The van der Waals surface area contributed by atoms with Crippen LogP contribution in [0.2, 0.25) is 0 Å². The Labute approximate surface area is 163 Å². The molecule has 1 unspecified atom stereocenters. The van der Waals surface area contributed by atoms with Crippen molar-refractivity contribution in [3.8, 4) is 11.5 Å². The molecular formula is C19H13N3O5S. The molecule has 8 nitrogen and oxygen atoms in total. The van der Waals surface area contributed by atoms with Crippen LogP contribution in [0.25, 0.3) is 10.9 Å². The Morgan fingerprint density at radius 2 is 1.89 bits per heavy atom. The van der Waals surface area contributed by atoms with Crippen LogP contribution in [0.1, 0.15) is 5.69 Å². The highest BCUT2D eigenvalue weighted by Crippen LogP contribution is 2.28. The molecule has 0 fully saturated rings. The molecule has 3 aromatic rings. The summed E-state index contributed by atoms with van der Waals surface area (Å²) in [5.74, 6) is 0.545. The number of hydrogen-bond acceptors (Lipinski definition) is 7. The number of nitrogens with zero attached hydrogens (tertiary/aromatic N) is 3. The van der Waals surface area contributed by atoms with Crippen LogP contribution in [0.15, 0.2) is 59.6 Å². The molecule has 0 amide bonds. The summed E-state index contributed by atoms with van der Waals surface area (Å²) in [5.41, 5.74) is 1.38. The third kappa shape index (κ3) is 3.65. The number of carboxylic acids is 1. The maximum Gasteiger partial charge on any atom is 0.329 e. The van der Waals surface area contributed by atoms with Gasteiger partial charge in [0.15, 0.2) is 6.04 Å². The van der Waals surface area contributed by atoms with E-state index in [2.05, 4.69) is 9.98 Å². The van der Waals surface area contributed by atoms with E-state index < -0.39 is 16.9 Å². The fourth-order valence-corrected chi connectivity index (χ4v) is 3.69. The molecule has 0 spiro atoms. The monoisotopic (exact) mass is 395 g/mol. The number of thioether (sulfide) groups is 1. The van der Waals surface area contributed by atoms with Gasteiger partial charge in [-0.25, -0.2) is 9.78 Å². The van der Waals surface area contributed by atoms with Crippen molar-refractivity contribution in [2.24, 2.45) is 4.99 Å². The SMILES string of the molecule is O=C(O)C1CSC(c2ccc3cc(Oc4ccc([N+](=O)[O-])cc4)ccc3n2)=N1. The molecule has 2 heterocycles. The maximum absolute atomic E-state index is 11.0. The lowest BCUT2D eigenvalue weighted by Crippen LogP contribution is -2.17. The van der Waals surface area contributed by atoms with Crippen LogP contribution >= 0.6 is 11.8 Å². The van der Waals surface area contributed by atoms with E-state index in [1.165, 1.54) is 36.0 Å². The first kappa shape index (κ1) is 17.9. The number of nitro groups is 1. The average Bonchev–Trinajstić information content (AvgIpc) is 3.18. The van der Waals surface area contributed by atoms with Crippen molar-refractivity contribution in [2.45, 2.75) is 6.04 Å². The summed E-state index contributed by atoms with van der Waals surface area (Å²) in [4.78, 5) is 30.0. The number of benzene rings is 2. The lowest BCUT2D eigenvalue weighted by atomic mass is 10.2. The van der Waals surface area contributed by atoms with Crippen LogP contribution in [0.4, 0.5) is 5.69 Å². The van der Waals surface area contributed by atoms with E-state index in [1.54, 1.807) is 18.2 Å². The minimum Gasteiger partial charge on any atom is -0.480 e. The average molecular weight is 395 g/mol. The zero-order valence-electron chi connectivity index (χ0n) is 14.3. The van der Waals surface area contributed by atoms with E-state index in [0.717, 1.165) is 10.9 Å². The molecule has 1 aliphatic heterocycles. The summed E-state index contributed by atoms with van der Waals surface area (Å²) in [6.45, 7) is 0. The molecule has 0 radical (unpaired) electrons. The Bertz CT molecular complexity index is 1110. The van der Waals surface area contributed by atoms with Crippen molar-refractivity contribution in [3.63, 3.8) is 0 Å². The van der Waals surface area contributed by atoms with Crippen molar-refractivity contribution in [1.29, 1.82) is 0 Å². The first-order valence-electron chi connectivity index (χ1n) is 8.26. The van der Waals surface area contributed by atoms with Gasteiger partial charge in [0.2, 0.25) is 0 Å². The molecule has 0 aliphatic carbocycles. The number of aliphatic imine (C=N–C) groups is 1. The molecule has 140 valence electrons. The van der Waals surface area contributed by atoms with Crippen molar-refractivity contribution >= 4 is 39.4 Å².